The maximum Gasteiger partial charge on any atom is 0.241 e. The molecule has 1 aromatic rings. The Hall–Kier alpha value is -2.67. The van der Waals surface area contributed by atoms with Gasteiger partial charge in [-0.05, 0) is 25.0 Å². The van der Waals surface area contributed by atoms with E-state index in [1.165, 1.54) is 0 Å². The largest absolute Gasteiger partial charge is 0.360 e. The number of aryl methyl sites for hydroxylation is 2. The van der Waals surface area contributed by atoms with E-state index in [2.05, 4.69) is 18.2 Å². The maximum atomic E-state index is 13.5. The van der Waals surface area contributed by atoms with Crippen LogP contribution in [0.15, 0.2) is 30.4 Å². The lowest BCUT2D eigenvalue weighted by atomic mass is 9.76. The summed E-state index contributed by atoms with van der Waals surface area (Å²) < 4.78 is 6.23. The van der Waals surface area contributed by atoms with Gasteiger partial charge in [-0.25, -0.2) is 0 Å². The number of carbonyl (C=O) groups is 3. The normalized spacial score (nSPS) is 32.4. The minimum Gasteiger partial charge on any atom is -0.360 e. The summed E-state index contributed by atoms with van der Waals surface area (Å²) in [6.45, 7) is 6.15. The molecule has 3 amide bonds. The van der Waals surface area contributed by atoms with Crippen molar-refractivity contribution in [3.05, 3.63) is 47.0 Å². The van der Waals surface area contributed by atoms with Crippen LogP contribution in [0.2, 0.25) is 0 Å². The highest BCUT2D eigenvalue weighted by Crippen LogP contribution is 2.52. The SMILES string of the molecule is Cc1ccc(C)c(CN2C[C@]34C=C[C@H](O3)[C@H](C(=O)N3CCN(C)C(=O)C3)[C@@H]4C2=O)c1. The number of likely N-dealkylation sites (tertiary alicyclic amines) is 1. The van der Waals surface area contributed by atoms with Gasteiger partial charge in [0.1, 0.15) is 5.60 Å². The molecule has 0 saturated carbocycles. The molecular weight excluding hydrogens is 382 g/mol. The van der Waals surface area contributed by atoms with Crippen LogP contribution < -0.4 is 0 Å². The molecule has 4 aliphatic heterocycles. The third-order valence-corrected chi connectivity index (χ3v) is 7.10. The average Bonchev–Trinajstić information content (AvgIpc) is 3.35. The third-order valence-electron chi connectivity index (χ3n) is 7.10. The Labute approximate surface area is 176 Å². The van der Waals surface area contributed by atoms with Gasteiger partial charge in [0.25, 0.3) is 0 Å². The number of fused-ring (bicyclic) bond motifs is 1. The first-order valence-corrected chi connectivity index (χ1v) is 10.5. The van der Waals surface area contributed by atoms with Crippen LogP contribution in [-0.4, -0.2) is 77.4 Å². The summed E-state index contributed by atoms with van der Waals surface area (Å²) in [5.74, 6) is -1.30. The number of hydrogen-bond acceptors (Lipinski definition) is 4. The molecule has 0 radical (unpaired) electrons. The quantitative estimate of drug-likeness (QED) is 0.695. The molecule has 158 valence electrons. The van der Waals surface area contributed by atoms with Crippen LogP contribution in [-0.2, 0) is 25.7 Å². The second kappa shape index (κ2) is 6.67. The molecule has 2 bridgehead atoms. The van der Waals surface area contributed by atoms with Crippen molar-refractivity contribution in [2.45, 2.75) is 32.1 Å². The Morgan fingerprint density at radius 3 is 2.80 bits per heavy atom. The predicted octanol–water partition coefficient (Wildman–Crippen LogP) is 0.886. The standard InChI is InChI=1S/C23H27N3O4/c1-14-4-5-15(2)16(10-14)11-26-13-23-7-6-17(30-23)19(20(23)22(26)29)21(28)25-9-8-24(3)18(27)12-25/h4-7,10,17,19-20H,8-9,11-13H2,1-3H3/t17-,19-,20+,23-/m0/s1. The van der Waals surface area contributed by atoms with Crippen LogP contribution in [0.1, 0.15) is 16.7 Å². The fourth-order valence-electron chi connectivity index (χ4n) is 5.33. The molecule has 30 heavy (non-hydrogen) atoms. The summed E-state index contributed by atoms with van der Waals surface area (Å²) in [5, 5.41) is 0. The number of benzene rings is 1. The van der Waals surface area contributed by atoms with E-state index in [1.807, 2.05) is 30.9 Å². The van der Waals surface area contributed by atoms with E-state index in [-0.39, 0.29) is 30.4 Å². The van der Waals surface area contributed by atoms with Gasteiger partial charge in [-0.15, -0.1) is 0 Å². The minimum absolute atomic E-state index is 0.0263. The number of piperazine rings is 1. The van der Waals surface area contributed by atoms with Crippen molar-refractivity contribution in [1.29, 1.82) is 0 Å². The number of amides is 3. The lowest BCUT2D eigenvalue weighted by Gasteiger charge is -2.35. The van der Waals surface area contributed by atoms with Gasteiger partial charge in [-0.3, -0.25) is 14.4 Å². The Balaban J connectivity index is 1.39. The van der Waals surface area contributed by atoms with Crippen molar-refractivity contribution in [3.8, 4) is 0 Å². The van der Waals surface area contributed by atoms with Gasteiger partial charge in [0.2, 0.25) is 17.7 Å². The van der Waals surface area contributed by atoms with E-state index in [9.17, 15) is 14.4 Å². The van der Waals surface area contributed by atoms with E-state index in [0.29, 0.717) is 26.2 Å². The maximum absolute atomic E-state index is 13.5. The monoisotopic (exact) mass is 409 g/mol. The fourth-order valence-corrected chi connectivity index (χ4v) is 5.33. The number of nitrogens with zero attached hydrogens (tertiary/aromatic N) is 3. The van der Waals surface area contributed by atoms with Crippen LogP contribution >= 0.6 is 0 Å². The Morgan fingerprint density at radius 2 is 2.03 bits per heavy atom. The second-order valence-electron chi connectivity index (χ2n) is 9.10. The average molecular weight is 409 g/mol. The van der Waals surface area contributed by atoms with Crippen LogP contribution in [0.25, 0.3) is 0 Å². The first-order valence-electron chi connectivity index (χ1n) is 10.5. The third kappa shape index (κ3) is 2.79. The van der Waals surface area contributed by atoms with Crippen LogP contribution in [0.4, 0.5) is 0 Å². The van der Waals surface area contributed by atoms with Crippen LogP contribution in [0.5, 0.6) is 0 Å². The number of likely N-dealkylation sites (N-methyl/N-ethyl adjacent to an activating group) is 1. The molecule has 0 unspecified atom stereocenters. The smallest absolute Gasteiger partial charge is 0.241 e. The van der Waals surface area contributed by atoms with E-state index in [4.69, 9.17) is 4.74 Å². The number of rotatable bonds is 3. The number of ether oxygens (including phenoxy) is 1. The molecule has 7 nitrogen and oxygen atoms in total. The van der Waals surface area contributed by atoms with E-state index in [1.54, 1.807) is 16.8 Å². The van der Waals surface area contributed by atoms with E-state index >= 15 is 0 Å². The highest BCUT2D eigenvalue weighted by atomic mass is 16.5. The molecule has 3 saturated heterocycles. The summed E-state index contributed by atoms with van der Waals surface area (Å²) in [5.41, 5.74) is 2.69. The topological polar surface area (TPSA) is 70.2 Å². The van der Waals surface area contributed by atoms with Crippen molar-refractivity contribution in [2.75, 3.05) is 33.2 Å². The van der Waals surface area contributed by atoms with Crippen molar-refractivity contribution in [2.24, 2.45) is 11.8 Å². The van der Waals surface area contributed by atoms with E-state index in [0.717, 1.165) is 16.7 Å². The molecule has 1 aromatic carbocycles. The molecule has 5 rings (SSSR count). The molecule has 4 heterocycles. The molecule has 0 aromatic heterocycles. The van der Waals surface area contributed by atoms with Crippen LogP contribution in [0.3, 0.4) is 0 Å². The highest BCUT2D eigenvalue weighted by molar-refractivity contribution is 5.94. The van der Waals surface area contributed by atoms with Crippen LogP contribution in [0, 0.1) is 25.7 Å². The van der Waals surface area contributed by atoms with Gasteiger partial charge in [0.15, 0.2) is 0 Å². The van der Waals surface area contributed by atoms with Crippen molar-refractivity contribution >= 4 is 17.7 Å². The van der Waals surface area contributed by atoms with Crippen molar-refractivity contribution in [3.63, 3.8) is 0 Å². The molecule has 0 N–H and O–H groups in total. The van der Waals surface area contributed by atoms with Gasteiger partial charge in [-0.1, -0.05) is 35.9 Å². The molecule has 7 heteroatoms. The molecule has 1 spiro atoms. The first kappa shape index (κ1) is 19.3. The number of hydrogen-bond donors (Lipinski definition) is 0. The second-order valence-corrected chi connectivity index (χ2v) is 9.10. The summed E-state index contributed by atoms with van der Waals surface area (Å²) in [6.07, 6.45) is 3.51. The van der Waals surface area contributed by atoms with Gasteiger partial charge in [0.05, 0.1) is 31.0 Å². The Bertz CT molecular complexity index is 973. The van der Waals surface area contributed by atoms with Gasteiger partial charge in [0, 0.05) is 26.7 Å². The summed E-state index contributed by atoms with van der Waals surface area (Å²) >= 11 is 0. The Kier molecular flexibility index (Phi) is 4.29. The zero-order valence-electron chi connectivity index (χ0n) is 17.6. The fraction of sp³-hybridized carbons (Fsp3) is 0.522. The number of carbonyl (C=O) groups excluding carboxylic acids is 3. The molecule has 3 fully saturated rings. The van der Waals surface area contributed by atoms with Gasteiger partial charge in [-0.2, -0.15) is 0 Å². The summed E-state index contributed by atoms with van der Waals surface area (Å²) in [4.78, 5) is 44.0. The lowest BCUT2D eigenvalue weighted by molar-refractivity contribution is -0.149. The molecular formula is C23H27N3O4. The summed E-state index contributed by atoms with van der Waals surface area (Å²) in [6, 6.07) is 6.25. The van der Waals surface area contributed by atoms with E-state index < -0.39 is 17.4 Å². The first-order chi connectivity index (χ1) is 14.3. The summed E-state index contributed by atoms with van der Waals surface area (Å²) in [7, 11) is 1.74. The van der Waals surface area contributed by atoms with Gasteiger partial charge >= 0.3 is 0 Å². The van der Waals surface area contributed by atoms with Crippen molar-refractivity contribution in [1.82, 2.24) is 14.7 Å². The molecule has 4 aliphatic rings. The molecule has 4 atom stereocenters. The molecule has 0 aliphatic carbocycles. The lowest BCUT2D eigenvalue weighted by Crippen LogP contribution is -2.54. The van der Waals surface area contributed by atoms with Crippen molar-refractivity contribution < 1.29 is 19.1 Å². The zero-order chi connectivity index (χ0) is 21.2. The zero-order valence-corrected chi connectivity index (χ0v) is 17.6. The minimum atomic E-state index is -0.726. The Morgan fingerprint density at radius 1 is 1.23 bits per heavy atom. The van der Waals surface area contributed by atoms with Gasteiger partial charge < -0.3 is 19.4 Å². The predicted molar refractivity (Wildman–Crippen MR) is 109 cm³/mol. The highest BCUT2D eigenvalue weighted by Gasteiger charge is 2.67.